The third-order valence-electron chi connectivity index (χ3n) is 10.7. The summed E-state index contributed by atoms with van der Waals surface area (Å²) >= 11 is 0. The molecule has 5 heterocycles. The van der Waals surface area contributed by atoms with Crippen LogP contribution in [0.3, 0.4) is 0 Å². The van der Waals surface area contributed by atoms with E-state index in [1.54, 1.807) is 0 Å². The van der Waals surface area contributed by atoms with Crippen molar-refractivity contribution in [2.24, 2.45) is 0 Å². The molecule has 17 N–H and O–H groups in total. The van der Waals surface area contributed by atoms with Crippen LogP contribution in [0.4, 0.5) is 0 Å². The molecule has 25 atom stereocenters. The number of ether oxygens (including phenoxy) is 9. The number of carbonyl (C=O) groups is 1. The minimum atomic E-state index is -2.15. The highest BCUT2D eigenvalue weighted by Crippen LogP contribution is 2.34. The second kappa shape index (κ2) is 20.8. The first-order chi connectivity index (χ1) is 27.8. The summed E-state index contributed by atoms with van der Waals surface area (Å²) in [5.74, 6) is -0.819. The summed E-state index contributed by atoms with van der Waals surface area (Å²) in [5, 5.41) is 168. The zero-order valence-corrected chi connectivity index (χ0v) is 31.2. The fourth-order valence-electron chi connectivity index (χ4n) is 7.21. The molecule has 0 aliphatic carbocycles. The van der Waals surface area contributed by atoms with Crippen molar-refractivity contribution in [3.05, 3.63) is 0 Å². The smallest absolute Gasteiger partial charge is 0.217 e. The second-order valence-corrected chi connectivity index (χ2v) is 14.8. The number of aliphatic hydroxyl groups is 16. The summed E-state index contributed by atoms with van der Waals surface area (Å²) < 4.78 is 50.7. The first-order valence-electron chi connectivity index (χ1n) is 18.6. The molecular weight excluding hydrogens is 814 g/mol. The molecule has 0 bridgehead atoms. The number of nitrogens with one attached hydrogen (secondary N) is 1. The molecule has 0 radical (unpaired) electrons. The fraction of sp³-hybridized carbons (Fsp3) is 0.969. The summed E-state index contributed by atoms with van der Waals surface area (Å²) in [4.78, 5) is 12.4. The van der Waals surface area contributed by atoms with E-state index in [0.29, 0.717) is 0 Å². The van der Waals surface area contributed by atoms with Crippen LogP contribution in [-0.4, -0.2) is 274 Å². The average Bonchev–Trinajstić information content (AvgIpc) is 3.21. The summed E-state index contributed by atoms with van der Waals surface area (Å²) in [6.07, 6.45) is -44.4. The second-order valence-electron chi connectivity index (χ2n) is 14.8. The molecule has 0 unspecified atom stereocenters. The Morgan fingerprint density at radius 2 is 0.780 bits per heavy atom. The topological polar surface area (TPSA) is 436 Å². The number of aliphatic hydroxyl groups excluding tert-OH is 16. The van der Waals surface area contributed by atoms with Crippen LogP contribution < -0.4 is 5.32 Å². The van der Waals surface area contributed by atoms with Crippen molar-refractivity contribution in [2.75, 3.05) is 33.0 Å². The average molecular weight is 870 g/mol. The quantitative estimate of drug-likeness (QED) is 0.0770. The molecule has 0 saturated carbocycles. The van der Waals surface area contributed by atoms with Crippen LogP contribution in [0.15, 0.2) is 0 Å². The van der Waals surface area contributed by atoms with Gasteiger partial charge in [0, 0.05) is 6.92 Å². The van der Waals surface area contributed by atoms with Gasteiger partial charge in [-0.25, -0.2) is 0 Å². The van der Waals surface area contributed by atoms with Crippen LogP contribution in [0.2, 0.25) is 0 Å². The maximum atomic E-state index is 12.4. The predicted molar refractivity (Wildman–Crippen MR) is 178 cm³/mol. The van der Waals surface area contributed by atoms with E-state index < -0.39 is 192 Å². The molecule has 0 aromatic carbocycles. The standard InChI is InChI=1S/C32H55NO26/c1-7(37)33-13-27(59-32-25(49)21(45)17(41)11(57-32)5-51-29-22(46)18(42)14(38)8(2-34)54-29)26(58-31-24(48)20(44)16(40)10(4-36)56-31)12(53-28(13)50)6-52-30-23(47)19(43)15(39)9(3-35)55-30/h8-32,34-36,38-50H,2-6H2,1H3,(H,33,37)/t8-,9-,10-,11-,12-,13-,14-,15-,16-,17+,18+,19+,20+,21+,22-,23-,24-,25-,26+,27-,28+,29-,30-,31+,32+/m1/s1. The summed E-state index contributed by atoms with van der Waals surface area (Å²) in [6.45, 7) is -3.15. The van der Waals surface area contributed by atoms with E-state index in [1.807, 2.05) is 0 Å². The molecule has 344 valence electrons. The van der Waals surface area contributed by atoms with Crippen LogP contribution >= 0.6 is 0 Å². The highest BCUT2D eigenvalue weighted by Gasteiger charge is 2.56. The number of amides is 1. The number of carbonyl (C=O) groups excluding carboxylic acids is 1. The van der Waals surface area contributed by atoms with E-state index in [-0.39, 0.29) is 0 Å². The van der Waals surface area contributed by atoms with E-state index in [9.17, 15) is 86.5 Å². The van der Waals surface area contributed by atoms with E-state index in [1.165, 1.54) is 0 Å². The predicted octanol–water partition coefficient (Wildman–Crippen LogP) is -11.8. The lowest BCUT2D eigenvalue weighted by molar-refractivity contribution is -0.379. The monoisotopic (exact) mass is 869 g/mol. The van der Waals surface area contributed by atoms with Gasteiger partial charge in [0.2, 0.25) is 5.91 Å². The van der Waals surface area contributed by atoms with Gasteiger partial charge in [-0.3, -0.25) is 4.79 Å². The Bertz CT molecular complexity index is 1320. The third-order valence-corrected chi connectivity index (χ3v) is 10.7. The zero-order chi connectivity index (χ0) is 43.6. The Balaban J connectivity index is 1.44. The van der Waals surface area contributed by atoms with Gasteiger partial charge in [-0.05, 0) is 0 Å². The first-order valence-corrected chi connectivity index (χ1v) is 18.6. The minimum Gasteiger partial charge on any atom is -0.394 e. The number of rotatable bonds is 14. The van der Waals surface area contributed by atoms with Gasteiger partial charge in [0.25, 0.3) is 0 Å². The lowest BCUT2D eigenvalue weighted by Gasteiger charge is -2.50. The normalized spacial score (nSPS) is 51.0. The summed E-state index contributed by atoms with van der Waals surface area (Å²) in [5.41, 5.74) is 0. The molecule has 59 heavy (non-hydrogen) atoms. The van der Waals surface area contributed by atoms with Crippen molar-refractivity contribution >= 4 is 5.91 Å². The SMILES string of the molecule is CC(=O)N[C@@H]1[C@@H](O[C@@H]2O[C@H](CO[C@@H]3O[C@H](CO)[C@@H](O)[C@H](O)[C@H]3O)[C@H](O)[C@H](O)[C@H]2O)[C@@H](O[C@@H]2O[C@H](CO)[C@@H](O)[C@H](O)[C@H]2O)[C@@H](CO[C@@H]2O[C@H](CO)[C@@H](O)[C@H](O)[C@H]2O)O[C@@H]1O. The van der Waals surface area contributed by atoms with Gasteiger partial charge in [-0.15, -0.1) is 0 Å². The van der Waals surface area contributed by atoms with Crippen molar-refractivity contribution < 1.29 is 129 Å². The van der Waals surface area contributed by atoms with Crippen molar-refractivity contribution in [3.8, 4) is 0 Å². The number of hydrogen-bond donors (Lipinski definition) is 17. The first kappa shape index (κ1) is 48.5. The molecule has 0 aromatic heterocycles. The molecule has 5 aliphatic rings. The van der Waals surface area contributed by atoms with E-state index in [2.05, 4.69) is 5.32 Å². The van der Waals surface area contributed by atoms with Gasteiger partial charge in [0.05, 0.1) is 33.0 Å². The van der Waals surface area contributed by atoms with E-state index >= 15 is 0 Å². The molecule has 0 spiro atoms. The Kier molecular flexibility index (Phi) is 17.1. The molecule has 0 aromatic rings. The highest BCUT2D eigenvalue weighted by atomic mass is 16.8. The molecule has 5 fully saturated rings. The van der Waals surface area contributed by atoms with Crippen LogP contribution in [-0.2, 0) is 47.4 Å². The molecular formula is C32H55NO26. The molecule has 5 rings (SSSR count). The Labute approximate surface area is 333 Å². The molecule has 27 heteroatoms. The van der Waals surface area contributed by atoms with E-state index in [0.717, 1.165) is 6.92 Å². The molecule has 27 nitrogen and oxygen atoms in total. The van der Waals surface area contributed by atoms with Gasteiger partial charge < -0.3 is 130 Å². The van der Waals surface area contributed by atoms with Crippen LogP contribution in [0.1, 0.15) is 6.92 Å². The van der Waals surface area contributed by atoms with Gasteiger partial charge in [0.1, 0.15) is 122 Å². The lowest BCUT2D eigenvalue weighted by atomic mass is 9.94. The molecule has 1 amide bonds. The van der Waals surface area contributed by atoms with Crippen molar-refractivity contribution in [2.45, 2.75) is 160 Å². The van der Waals surface area contributed by atoms with Gasteiger partial charge in [-0.1, -0.05) is 0 Å². The Morgan fingerprint density at radius 1 is 0.441 bits per heavy atom. The Morgan fingerprint density at radius 3 is 1.19 bits per heavy atom. The molecule has 5 saturated heterocycles. The zero-order valence-electron chi connectivity index (χ0n) is 31.2. The Hall–Kier alpha value is -1.53. The van der Waals surface area contributed by atoms with Crippen LogP contribution in [0, 0.1) is 0 Å². The number of hydrogen-bond acceptors (Lipinski definition) is 26. The fourth-order valence-corrected chi connectivity index (χ4v) is 7.21. The summed E-state index contributed by atoms with van der Waals surface area (Å²) in [6, 6.07) is -1.73. The lowest BCUT2D eigenvalue weighted by Crippen LogP contribution is -2.70. The van der Waals surface area contributed by atoms with Gasteiger partial charge >= 0.3 is 0 Å². The van der Waals surface area contributed by atoms with Crippen molar-refractivity contribution in [1.29, 1.82) is 0 Å². The maximum Gasteiger partial charge on any atom is 0.217 e. The third kappa shape index (κ3) is 10.5. The minimum absolute atomic E-state index is 0.792. The van der Waals surface area contributed by atoms with Crippen LogP contribution in [0.5, 0.6) is 0 Å². The summed E-state index contributed by atoms with van der Waals surface area (Å²) in [7, 11) is 0. The maximum absolute atomic E-state index is 12.4. The van der Waals surface area contributed by atoms with E-state index in [4.69, 9.17) is 42.6 Å². The van der Waals surface area contributed by atoms with Gasteiger partial charge in [-0.2, -0.15) is 0 Å². The molecule has 5 aliphatic heterocycles. The highest BCUT2D eigenvalue weighted by molar-refractivity contribution is 5.73. The largest absolute Gasteiger partial charge is 0.394 e. The van der Waals surface area contributed by atoms with Crippen molar-refractivity contribution in [3.63, 3.8) is 0 Å². The van der Waals surface area contributed by atoms with Crippen LogP contribution in [0.25, 0.3) is 0 Å². The van der Waals surface area contributed by atoms with Gasteiger partial charge in [0.15, 0.2) is 31.5 Å². The van der Waals surface area contributed by atoms with Crippen molar-refractivity contribution in [1.82, 2.24) is 5.32 Å².